The number of nitrogens with zero attached hydrogens (tertiary/aromatic N) is 5. The molecule has 34 heavy (non-hydrogen) atoms. The van der Waals surface area contributed by atoms with E-state index in [0.717, 1.165) is 29.7 Å². The standard InChI is InChI=1S/C17H24N4O4.C5H6ClN3/c1-11-9-14(12(2)18-10-11)20-15(13-5-6-13)16(21(22)23)17(19-20)25-8-4-7-24-3;1-3-4(6)8-9-5(3)7-2/h9-10,12-13,18H,4-8H2,1-3H3;2H2,1H3,(H,8,9). The van der Waals surface area contributed by atoms with Crippen molar-refractivity contribution < 1.29 is 14.4 Å². The molecule has 4 rings (SSSR count). The zero-order valence-corrected chi connectivity index (χ0v) is 20.6. The maximum atomic E-state index is 11.7. The van der Waals surface area contributed by atoms with Crippen molar-refractivity contribution in [3.8, 4) is 5.88 Å². The Labute approximate surface area is 203 Å². The third kappa shape index (κ3) is 5.84. The van der Waals surface area contributed by atoms with E-state index >= 15 is 0 Å². The van der Waals surface area contributed by atoms with Gasteiger partial charge in [-0.05, 0) is 58.2 Å². The quantitative estimate of drug-likeness (QED) is 0.228. The Morgan fingerprint density at radius 3 is 2.65 bits per heavy atom. The Balaban J connectivity index is 0.000000302. The van der Waals surface area contributed by atoms with E-state index in [1.165, 1.54) is 0 Å². The summed E-state index contributed by atoms with van der Waals surface area (Å²) in [5.74, 6) is 0.840. The molecule has 1 aliphatic carbocycles. The number of nitro groups is 1. The van der Waals surface area contributed by atoms with Gasteiger partial charge in [0.05, 0.1) is 23.3 Å². The lowest BCUT2D eigenvalue weighted by atomic mass is 10.1. The first-order valence-electron chi connectivity index (χ1n) is 11.0. The molecule has 3 heterocycles. The van der Waals surface area contributed by atoms with Crippen LogP contribution in [0.4, 0.5) is 11.5 Å². The highest BCUT2D eigenvalue weighted by Crippen LogP contribution is 2.48. The minimum Gasteiger partial charge on any atom is -0.472 e. The first-order valence-corrected chi connectivity index (χ1v) is 11.4. The summed E-state index contributed by atoms with van der Waals surface area (Å²) in [6.45, 7) is 10.0. The number of aromatic nitrogens is 4. The second-order valence-corrected chi connectivity index (χ2v) is 8.55. The van der Waals surface area contributed by atoms with Crippen LogP contribution in [0.15, 0.2) is 22.8 Å². The lowest BCUT2D eigenvalue weighted by Gasteiger charge is -2.22. The van der Waals surface area contributed by atoms with Gasteiger partial charge in [-0.3, -0.25) is 15.2 Å². The first kappa shape index (κ1) is 25.4. The van der Waals surface area contributed by atoms with E-state index in [9.17, 15) is 10.1 Å². The van der Waals surface area contributed by atoms with Crippen molar-refractivity contribution in [3.05, 3.63) is 44.4 Å². The number of rotatable bonds is 9. The molecule has 11 nitrogen and oxygen atoms in total. The largest absolute Gasteiger partial charge is 0.472 e. The molecule has 2 aromatic rings. The number of methoxy groups -OCH3 is 1. The van der Waals surface area contributed by atoms with E-state index in [4.69, 9.17) is 21.1 Å². The minimum atomic E-state index is -0.368. The molecule has 1 fully saturated rings. The van der Waals surface area contributed by atoms with Crippen molar-refractivity contribution in [2.75, 3.05) is 20.3 Å². The summed E-state index contributed by atoms with van der Waals surface area (Å²) in [6.07, 6.45) is 6.49. The summed E-state index contributed by atoms with van der Waals surface area (Å²) in [6, 6.07) is 0.0158. The third-order valence-corrected chi connectivity index (χ3v) is 5.81. The molecule has 12 heteroatoms. The number of hydrogen-bond acceptors (Lipinski definition) is 8. The predicted molar refractivity (Wildman–Crippen MR) is 131 cm³/mol. The topological polar surface area (TPSA) is 132 Å². The van der Waals surface area contributed by atoms with Crippen LogP contribution in [0.2, 0.25) is 5.15 Å². The number of aliphatic imine (C=N–C) groups is 1. The number of aromatic amines is 1. The van der Waals surface area contributed by atoms with Gasteiger partial charge in [0.25, 0.3) is 0 Å². The lowest BCUT2D eigenvalue weighted by molar-refractivity contribution is -0.386. The Morgan fingerprint density at radius 2 is 2.12 bits per heavy atom. The van der Waals surface area contributed by atoms with E-state index < -0.39 is 0 Å². The van der Waals surface area contributed by atoms with Crippen LogP contribution >= 0.6 is 11.6 Å². The van der Waals surface area contributed by atoms with Crippen molar-refractivity contribution in [2.45, 2.75) is 52.0 Å². The molecule has 1 atom stereocenters. The zero-order chi connectivity index (χ0) is 24.8. The minimum absolute atomic E-state index is 0.000206. The first-order chi connectivity index (χ1) is 16.3. The molecule has 1 unspecified atom stereocenters. The molecule has 0 aromatic carbocycles. The van der Waals surface area contributed by atoms with Gasteiger partial charge in [0, 0.05) is 31.6 Å². The number of hydrogen-bond donors (Lipinski definition) is 2. The fraction of sp³-hybridized carbons (Fsp3) is 0.500. The maximum Gasteiger partial charge on any atom is 0.354 e. The van der Waals surface area contributed by atoms with Gasteiger partial charge in [0.1, 0.15) is 10.8 Å². The van der Waals surface area contributed by atoms with E-state index in [2.05, 4.69) is 32.3 Å². The van der Waals surface area contributed by atoms with Crippen LogP contribution in [0.5, 0.6) is 5.88 Å². The van der Waals surface area contributed by atoms with Crippen LogP contribution in [0.3, 0.4) is 0 Å². The fourth-order valence-corrected chi connectivity index (χ4v) is 3.60. The van der Waals surface area contributed by atoms with Crippen molar-refractivity contribution in [1.82, 2.24) is 25.3 Å². The van der Waals surface area contributed by atoms with Gasteiger partial charge in [-0.2, -0.15) is 5.10 Å². The molecule has 2 aliphatic rings. The van der Waals surface area contributed by atoms with Crippen LogP contribution in [0.1, 0.15) is 50.3 Å². The average Bonchev–Trinajstić information content (AvgIpc) is 3.50. The van der Waals surface area contributed by atoms with Crippen molar-refractivity contribution in [1.29, 1.82) is 0 Å². The molecule has 0 spiro atoms. The molecular formula is C22H30ClN7O4. The Morgan fingerprint density at radius 1 is 1.38 bits per heavy atom. The Hall–Kier alpha value is -3.18. The average molecular weight is 492 g/mol. The second-order valence-electron chi connectivity index (χ2n) is 8.17. The van der Waals surface area contributed by atoms with Gasteiger partial charge >= 0.3 is 11.6 Å². The van der Waals surface area contributed by atoms with Crippen molar-refractivity contribution >= 4 is 35.5 Å². The third-order valence-electron chi connectivity index (χ3n) is 5.44. The van der Waals surface area contributed by atoms with Crippen LogP contribution in [0.25, 0.3) is 5.70 Å². The molecule has 0 amide bonds. The lowest BCUT2D eigenvalue weighted by Crippen LogP contribution is -2.29. The summed E-state index contributed by atoms with van der Waals surface area (Å²) in [4.78, 5) is 15.0. The van der Waals surface area contributed by atoms with Gasteiger partial charge in [0.2, 0.25) is 0 Å². The van der Waals surface area contributed by atoms with E-state index in [0.29, 0.717) is 36.3 Å². The fourth-order valence-electron chi connectivity index (χ4n) is 3.47. The molecular weight excluding hydrogens is 462 g/mol. The zero-order valence-electron chi connectivity index (χ0n) is 19.8. The van der Waals surface area contributed by atoms with Gasteiger partial charge in [-0.25, -0.2) is 9.67 Å². The van der Waals surface area contributed by atoms with E-state index in [-0.39, 0.29) is 28.5 Å². The van der Waals surface area contributed by atoms with Crippen LogP contribution in [-0.2, 0) is 4.74 Å². The SMILES string of the molecule is C=Nc1n[nH]c(Cl)c1C.COCCCOc1nn(C2=CC(C)=CNC2C)c(C2CC2)c1[N+](=O)[O-]. The summed E-state index contributed by atoms with van der Waals surface area (Å²) in [5, 5.41) is 26.3. The van der Waals surface area contributed by atoms with E-state index in [1.54, 1.807) is 11.8 Å². The number of H-pyrrole nitrogens is 1. The predicted octanol–water partition coefficient (Wildman–Crippen LogP) is 4.52. The number of halogens is 1. The highest BCUT2D eigenvalue weighted by Gasteiger charge is 2.40. The summed E-state index contributed by atoms with van der Waals surface area (Å²) < 4.78 is 12.3. The summed E-state index contributed by atoms with van der Waals surface area (Å²) in [5.41, 5.74) is 3.44. The molecule has 1 saturated carbocycles. The molecule has 2 N–H and O–H groups in total. The molecule has 2 aromatic heterocycles. The van der Waals surface area contributed by atoms with Crippen LogP contribution in [0, 0.1) is 17.0 Å². The highest BCUT2D eigenvalue weighted by atomic mass is 35.5. The number of nitrogens with one attached hydrogen (secondary N) is 2. The van der Waals surface area contributed by atoms with Gasteiger partial charge in [-0.1, -0.05) is 11.6 Å². The Kier molecular flexibility index (Phi) is 8.46. The molecule has 0 radical (unpaired) electrons. The molecule has 184 valence electrons. The normalized spacial score (nSPS) is 17.1. The molecule has 0 bridgehead atoms. The van der Waals surface area contributed by atoms with Gasteiger partial charge in [-0.15, -0.1) is 5.10 Å². The van der Waals surface area contributed by atoms with E-state index in [1.807, 2.05) is 33.0 Å². The van der Waals surface area contributed by atoms with Gasteiger partial charge in [0.15, 0.2) is 5.82 Å². The summed E-state index contributed by atoms with van der Waals surface area (Å²) in [7, 11) is 1.61. The van der Waals surface area contributed by atoms with Crippen LogP contribution in [-0.4, -0.2) is 58.0 Å². The molecule has 1 aliphatic heterocycles. The monoisotopic (exact) mass is 491 g/mol. The number of ether oxygens (including phenoxy) is 2. The summed E-state index contributed by atoms with van der Waals surface area (Å²) >= 11 is 5.60. The van der Waals surface area contributed by atoms with Crippen molar-refractivity contribution in [3.63, 3.8) is 0 Å². The molecule has 0 saturated heterocycles. The van der Waals surface area contributed by atoms with Gasteiger partial charge < -0.3 is 14.8 Å². The highest BCUT2D eigenvalue weighted by molar-refractivity contribution is 6.30. The smallest absolute Gasteiger partial charge is 0.354 e. The number of dihydropyridines is 1. The Bertz CT molecular complexity index is 1100. The maximum absolute atomic E-state index is 11.7. The van der Waals surface area contributed by atoms with Crippen LogP contribution < -0.4 is 10.1 Å². The van der Waals surface area contributed by atoms with Crippen molar-refractivity contribution in [2.24, 2.45) is 4.99 Å². The number of allylic oxidation sites excluding steroid dienone is 2. The second kappa shape index (κ2) is 11.3.